The summed E-state index contributed by atoms with van der Waals surface area (Å²) in [4.78, 5) is 31.4. The summed E-state index contributed by atoms with van der Waals surface area (Å²) in [5.74, 6) is -0.483. The van der Waals surface area contributed by atoms with E-state index in [4.69, 9.17) is 14.2 Å². The highest BCUT2D eigenvalue weighted by Gasteiger charge is 2.54. The molecule has 6 nitrogen and oxygen atoms in total. The summed E-state index contributed by atoms with van der Waals surface area (Å²) in [5.41, 5.74) is -0.552. The molecule has 0 aliphatic carbocycles. The average molecular weight is 451 g/mol. The largest absolute Gasteiger partial charge is 0.497 e. The van der Waals surface area contributed by atoms with Gasteiger partial charge in [-0.1, -0.05) is 66.7 Å². The van der Waals surface area contributed by atoms with Crippen LogP contribution in [0, 0.1) is 0 Å². The summed E-state index contributed by atoms with van der Waals surface area (Å²) in [6.45, 7) is 0. The number of carbonyl (C=O) groups excluding carboxylic acids is 2. The molecular formula is C28H21NO5. The Morgan fingerprint density at radius 2 is 1.59 bits per heavy atom. The van der Waals surface area contributed by atoms with Gasteiger partial charge in [0.05, 0.1) is 7.11 Å². The van der Waals surface area contributed by atoms with Gasteiger partial charge >= 0.3 is 11.9 Å². The Balaban J connectivity index is 1.56. The number of benzene rings is 4. The van der Waals surface area contributed by atoms with Gasteiger partial charge in [0.2, 0.25) is 5.90 Å². The van der Waals surface area contributed by atoms with Gasteiger partial charge in [-0.25, -0.2) is 14.6 Å². The van der Waals surface area contributed by atoms with Gasteiger partial charge in [-0.3, -0.25) is 0 Å². The number of rotatable bonds is 6. The van der Waals surface area contributed by atoms with Crippen molar-refractivity contribution < 1.29 is 23.8 Å². The van der Waals surface area contributed by atoms with Crippen molar-refractivity contribution in [1.29, 1.82) is 0 Å². The number of nitrogens with zero attached hydrogens (tertiary/aromatic N) is 1. The Bertz CT molecular complexity index is 1390. The number of esters is 2. The Labute approximate surface area is 196 Å². The van der Waals surface area contributed by atoms with Crippen LogP contribution in [0.15, 0.2) is 102 Å². The second-order valence-electron chi connectivity index (χ2n) is 7.92. The smallest absolute Gasteiger partial charge is 0.353 e. The predicted octanol–water partition coefficient (Wildman–Crippen LogP) is 4.74. The van der Waals surface area contributed by atoms with Crippen LogP contribution in [-0.2, 0) is 20.7 Å². The molecule has 168 valence electrons. The van der Waals surface area contributed by atoms with Crippen LogP contribution in [0.3, 0.4) is 0 Å². The second-order valence-corrected chi connectivity index (χ2v) is 7.92. The van der Waals surface area contributed by atoms with E-state index in [1.807, 2.05) is 60.7 Å². The maximum atomic E-state index is 13.6. The zero-order valence-electron chi connectivity index (χ0n) is 18.4. The number of ether oxygens (including phenoxy) is 3. The van der Waals surface area contributed by atoms with Crippen molar-refractivity contribution in [3.05, 3.63) is 108 Å². The van der Waals surface area contributed by atoms with Crippen LogP contribution in [0.2, 0.25) is 0 Å². The lowest BCUT2D eigenvalue weighted by molar-refractivity contribution is -0.151. The molecule has 1 aliphatic heterocycles. The van der Waals surface area contributed by atoms with Crippen molar-refractivity contribution in [2.45, 2.75) is 12.0 Å². The number of aliphatic imine (C=N–C) groups is 1. The topological polar surface area (TPSA) is 74.2 Å². The molecule has 6 heteroatoms. The molecule has 1 aliphatic rings. The van der Waals surface area contributed by atoms with E-state index < -0.39 is 17.5 Å². The molecular weight excluding hydrogens is 430 g/mol. The summed E-state index contributed by atoms with van der Waals surface area (Å²) in [6, 6.07) is 29.1. The fourth-order valence-corrected chi connectivity index (χ4v) is 3.94. The van der Waals surface area contributed by atoms with Crippen molar-refractivity contribution in [2.75, 3.05) is 7.11 Å². The molecule has 1 heterocycles. The molecule has 34 heavy (non-hydrogen) atoms. The average Bonchev–Trinajstić information content (AvgIpc) is 3.22. The van der Waals surface area contributed by atoms with E-state index in [1.165, 1.54) is 0 Å². The molecule has 5 rings (SSSR count). The van der Waals surface area contributed by atoms with Crippen molar-refractivity contribution in [3.8, 4) is 11.5 Å². The SMILES string of the molecule is COc1ccc(C2=NC(Cc3ccccc3)(C(=O)Oc3cccc4ccccc34)C(=O)O2)cc1. The highest BCUT2D eigenvalue weighted by Crippen LogP contribution is 2.32. The van der Waals surface area contributed by atoms with E-state index in [9.17, 15) is 9.59 Å². The summed E-state index contributed by atoms with van der Waals surface area (Å²) < 4.78 is 16.5. The zero-order valence-corrected chi connectivity index (χ0v) is 18.4. The molecule has 0 radical (unpaired) electrons. The highest BCUT2D eigenvalue weighted by atomic mass is 16.6. The highest BCUT2D eigenvalue weighted by molar-refractivity contribution is 6.18. The van der Waals surface area contributed by atoms with Crippen LogP contribution < -0.4 is 9.47 Å². The van der Waals surface area contributed by atoms with Crippen molar-refractivity contribution in [3.63, 3.8) is 0 Å². The normalized spacial score (nSPS) is 17.2. The third-order valence-electron chi connectivity index (χ3n) is 5.75. The first kappa shape index (κ1) is 21.4. The standard InChI is InChI=1S/C28H21NO5/c1-32-22-16-14-21(15-17-22)25-29-28(27(31)34-25,18-19-8-3-2-4-9-19)26(30)33-24-13-7-11-20-10-5-6-12-23(20)24/h2-17H,18H2,1H3. The summed E-state index contributed by atoms with van der Waals surface area (Å²) >= 11 is 0. The van der Waals surface area contributed by atoms with Crippen molar-refractivity contribution >= 4 is 28.6 Å². The monoisotopic (exact) mass is 451 g/mol. The predicted molar refractivity (Wildman–Crippen MR) is 128 cm³/mol. The van der Waals surface area contributed by atoms with Crippen LogP contribution in [0.25, 0.3) is 10.8 Å². The Kier molecular flexibility index (Phi) is 5.55. The molecule has 0 saturated heterocycles. The number of hydrogen-bond acceptors (Lipinski definition) is 6. The van der Waals surface area contributed by atoms with Gasteiger partial charge in [0, 0.05) is 17.4 Å². The molecule has 1 atom stereocenters. The minimum atomic E-state index is -1.87. The first-order chi connectivity index (χ1) is 16.6. The fraction of sp³-hybridized carbons (Fsp3) is 0.107. The van der Waals surface area contributed by atoms with Gasteiger partial charge in [-0.05, 0) is 41.3 Å². The van der Waals surface area contributed by atoms with Gasteiger partial charge in [0.25, 0.3) is 5.54 Å². The molecule has 0 spiro atoms. The van der Waals surface area contributed by atoms with Gasteiger partial charge in [0.15, 0.2) is 0 Å². The lowest BCUT2D eigenvalue weighted by Gasteiger charge is -2.20. The zero-order chi connectivity index (χ0) is 23.5. The molecule has 1 unspecified atom stereocenters. The fourth-order valence-electron chi connectivity index (χ4n) is 3.94. The van der Waals surface area contributed by atoms with Gasteiger partial charge in [-0.15, -0.1) is 0 Å². The van der Waals surface area contributed by atoms with E-state index in [1.54, 1.807) is 43.5 Å². The lowest BCUT2D eigenvalue weighted by Crippen LogP contribution is -2.47. The van der Waals surface area contributed by atoms with E-state index in [-0.39, 0.29) is 12.3 Å². The number of carbonyl (C=O) groups is 2. The molecule has 0 amide bonds. The minimum Gasteiger partial charge on any atom is -0.497 e. The van der Waals surface area contributed by atoms with E-state index >= 15 is 0 Å². The molecule has 0 aromatic heterocycles. The quantitative estimate of drug-likeness (QED) is 0.241. The van der Waals surface area contributed by atoms with E-state index in [0.717, 1.165) is 16.3 Å². The van der Waals surface area contributed by atoms with Crippen LogP contribution >= 0.6 is 0 Å². The molecule has 0 bridgehead atoms. The van der Waals surface area contributed by atoms with Crippen molar-refractivity contribution in [1.82, 2.24) is 0 Å². The maximum Gasteiger partial charge on any atom is 0.353 e. The number of methoxy groups -OCH3 is 1. The van der Waals surface area contributed by atoms with Gasteiger partial charge < -0.3 is 14.2 Å². The van der Waals surface area contributed by atoms with Gasteiger partial charge in [0.1, 0.15) is 11.5 Å². The number of fused-ring (bicyclic) bond motifs is 1. The summed E-state index contributed by atoms with van der Waals surface area (Å²) in [5, 5.41) is 1.68. The van der Waals surface area contributed by atoms with Crippen LogP contribution in [0.5, 0.6) is 11.5 Å². The third-order valence-corrected chi connectivity index (χ3v) is 5.75. The van der Waals surface area contributed by atoms with Crippen LogP contribution in [0.4, 0.5) is 0 Å². The molecule has 4 aromatic carbocycles. The molecule has 0 saturated carbocycles. The Hall–Kier alpha value is -4.45. The van der Waals surface area contributed by atoms with Crippen LogP contribution in [-0.4, -0.2) is 30.5 Å². The lowest BCUT2D eigenvalue weighted by atomic mass is 9.91. The Morgan fingerprint density at radius 3 is 2.35 bits per heavy atom. The second kappa shape index (κ2) is 8.83. The van der Waals surface area contributed by atoms with Crippen molar-refractivity contribution in [2.24, 2.45) is 4.99 Å². The summed E-state index contributed by atoms with van der Waals surface area (Å²) in [7, 11) is 1.57. The maximum absolute atomic E-state index is 13.6. The minimum absolute atomic E-state index is 0.00985. The van der Waals surface area contributed by atoms with Gasteiger partial charge in [-0.2, -0.15) is 0 Å². The molecule has 0 N–H and O–H groups in total. The first-order valence-corrected chi connectivity index (χ1v) is 10.8. The van der Waals surface area contributed by atoms with E-state index in [0.29, 0.717) is 17.1 Å². The third kappa shape index (κ3) is 3.90. The van der Waals surface area contributed by atoms with Crippen LogP contribution in [0.1, 0.15) is 11.1 Å². The number of cyclic esters (lactones) is 1. The first-order valence-electron chi connectivity index (χ1n) is 10.8. The molecule has 0 fully saturated rings. The Morgan fingerprint density at radius 1 is 0.882 bits per heavy atom. The number of hydrogen-bond donors (Lipinski definition) is 0. The molecule has 4 aromatic rings. The summed E-state index contributed by atoms with van der Waals surface area (Å²) in [6.07, 6.45) is 0.00985. The van der Waals surface area contributed by atoms with E-state index in [2.05, 4.69) is 4.99 Å².